The zero-order chi connectivity index (χ0) is 14.9. The van der Waals surface area contributed by atoms with Crippen molar-refractivity contribution in [2.75, 3.05) is 18.0 Å². The molecule has 1 unspecified atom stereocenters. The van der Waals surface area contributed by atoms with Crippen molar-refractivity contribution in [1.29, 1.82) is 0 Å². The molecule has 0 amide bonds. The van der Waals surface area contributed by atoms with E-state index in [2.05, 4.69) is 15.9 Å². The lowest BCUT2D eigenvalue weighted by Gasteiger charge is -2.23. The van der Waals surface area contributed by atoms with Crippen molar-refractivity contribution in [3.05, 3.63) is 28.2 Å². The van der Waals surface area contributed by atoms with Gasteiger partial charge in [-0.05, 0) is 30.5 Å². The highest BCUT2D eigenvalue weighted by Crippen LogP contribution is 2.40. The fourth-order valence-electron chi connectivity index (χ4n) is 2.48. The minimum Gasteiger partial charge on any atom is -0.481 e. The first-order chi connectivity index (χ1) is 9.27. The Bertz CT molecular complexity index is 519. The van der Waals surface area contributed by atoms with Gasteiger partial charge in [-0.15, -0.1) is 0 Å². The quantitative estimate of drug-likeness (QED) is 0.900. The minimum absolute atomic E-state index is 0.00558. The molecule has 0 bridgehead atoms. The summed E-state index contributed by atoms with van der Waals surface area (Å²) in [4.78, 5) is 12.3. The molecule has 0 saturated carbocycles. The summed E-state index contributed by atoms with van der Waals surface area (Å²) in [7, 11) is 0. The number of halogens is 4. The van der Waals surface area contributed by atoms with Crippen LogP contribution in [0.15, 0.2) is 22.7 Å². The number of hydrogen-bond donors (Lipinski definition) is 1. The van der Waals surface area contributed by atoms with Gasteiger partial charge in [0.25, 0.3) is 0 Å². The Balaban J connectivity index is 2.24. The Hall–Kier alpha value is -1.24. The topological polar surface area (TPSA) is 40.5 Å². The van der Waals surface area contributed by atoms with Crippen LogP contribution in [0.25, 0.3) is 0 Å². The lowest BCUT2D eigenvalue weighted by atomic mass is 10.1. The van der Waals surface area contributed by atoms with Crippen LogP contribution in [0.5, 0.6) is 0 Å². The van der Waals surface area contributed by atoms with Crippen LogP contribution in [-0.2, 0) is 11.0 Å². The molecule has 2 rings (SSSR count). The molecule has 1 aliphatic rings. The summed E-state index contributed by atoms with van der Waals surface area (Å²) in [6, 6.07) is 4.05. The predicted molar refractivity (Wildman–Crippen MR) is 71.7 cm³/mol. The first kappa shape index (κ1) is 15.2. The maximum atomic E-state index is 13.0. The van der Waals surface area contributed by atoms with Gasteiger partial charge in [-0.25, -0.2) is 0 Å². The number of aliphatic carboxylic acids is 1. The van der Waals surface area contributed by atoms with Crippen molar-refractivity contribution >= 4 is 27.6 Å². The van der Waals surface area contributed by atoms with Crippen molar-refractivity contribution in [1.82, 2.24) is 0 Å². The van der Waals surface area contributed by atoms with Crippen LogP contribution in [0.2, 0.25) is 0 Å². The number of rotatable bonds is 3. The van der Waals surface area contributed by atoms with E-state index in [0.29, 0.717) is 24.0 Å². The lowest BCUT2D eigenvalue weighted by molar-refractivity contribution is -0.138. The SMILES string of the molecule is O=C(O)CC1CCN(c2ccc(Br)cc2C(F)(F)F)C1. The zero-order valence-electron chi connectivity index (χ0n) is 10.5. The molecule has 1 N–H and O–H groups in total. The van der Waals surface area contributed by atoms with Crippen LogP contribution in [0.1, 0.15) is 18.4 Å². The third-order valence-corrected chi connectivity index (χ3v) is 3.85. The molecule has 1 saturated heterocycles. The second-order valence-electron chi connectivity index (χ2n) is 4.86. The van der Waals surface area contributed by atoms with Gasteiger partial charge in [0.2, 0.25) is 0 Å². The zero-order valence-corrected chi connectivity index (χ0v) is 12.0. The Morgan fingerprint density at radius 1 is 1.45 bits per heavy atom. The first-order valence-corrected chi connectivity index (χ1v) is 6.90. The molecular weight excluding hydrogens is 339 g/mol. The number of carbonyl (C=O) groups is 1. The van der Waals surface area contributed by atoms with Gasteiger partial charge in [0.05, 0.1) is 5.56 Å². The molecule has 1 aromatic carbocycles. The normalized spacial score (nSPS) is 19.4. The highest BCUT2D eigenvalue weighted by molar-refractivity contribution is 9.10. The maximum absolute atomic E-state index is 13.0. The molecule has 1 aromatic rings. The molecular formula is C13H13BrF3NO2. The molecule has 1 heterocycles. The highest BCUT2D eigenvalue weighted by atomic mass is 79.9. The second kappa shape index (κ2) is 5.63. The molecule has 0 aromatic heterocycles. The number of nitrogens with zero attached hydrogens (tertiary/aromatic N) is 1. The average Bonchev–Trinajstić information content (AvgIpc) is 2.75. The Morgan fingerprint density at radius 2 is 2.15 bits per heavy atom. The number of anilines is 1. The Morgan fingerprint density at radius 3 is 2.75 bits per heavy atom. The van der Waals surface area contributed by atoms with Gasteiger partial charge in [0, 0.05) is 29.7 Å². The van der Waals surface area contributed by atoms with Gasteiger partial charge in [0.1, 0.15) is 0 Å². The van der Waals surface area contributed by atoms with Crippen LogP contribution in [0.3, 0.4) is 0 Å². The van der Waals surface area contributed by atoms with Gasteiger partial charge in [-0.2, -0.15) is 13.2 Å². The molecule has 1 aliphatic heterocycles. The maximum Gasteiger partial charge on any atom is 0.418 e. The first-order valence-electron chi connectivity index (χ1n) is 6.11. The number of alkyl halides is 3. The average molecular weight is 352 g/mol. The predicted octanol–water partition coefficient (Wildman–Crippen LogP) is 3.77. The molecule has 20 heavy (non-hydrogen) atoms. The van der Waals surface area contributed by atoms with E-state index in [0.717, 1.165) is 6.07 Å². The van der Waals surface area contributed by atoms with E-state index in [1.165, 1.54) is 6.07 Å². The summed E-state index contributed by atoms with van der Waals surface area (Å²) in [5.74, 6) is -1.01. The third kappa shape index (κ3) is 3.45. The van der Waals surface area contributed by atoms with E-state index in [1.54, 1.807) is 11.0 Å². The van der Waals surface area contributed by atoms with Gasteiger partial charge >= 0.3 is 12.1 Å². The van der Waals surface area contributed by atoms with Gasteiger partial charge in [0.15, 0.2) is 0 Å². The van der Waals surface area contributed by atoms with E-state index in [4.69, 9.17) is 5.11 Å². The number of carboxylic acid groups (broad SMARTS) is 1. The number of carboxylic acids is 1. The van der Waals surface area contributed by atoms with Crippen LogP contribution in [0.4, 0.5) is 18.9 Å². The van der Waals surface area contributed by atoms with Crippen LogP contribution < -0.4 is 4.90 Å². The smallest absolute Gasteiger partial charge is 0.418 e. The van der Waals surface area contributed by atoms with E-state index < -0.39 is 17.7 Å². The number of benzene rings is 1. The van der Waals surface area contributed by atoms with E-state index in [-0.39, 0.29) is 18.0 Å². The second-order valence-corrected chi connectivity index (χ2v) is 5.77. The Labute approximate surface area is 122 Å². The molecule has 0 aliphatic carbocycles. The van der Waals surface area contributed by atoms with Crippen LogP contribution in [-0.4, -0.2) is 24.2 Å². The molecule has 3 nitrogen and oxygen atoms in total. The van der Waals surface area contributed by atoms with E-state index in [9.17, 15) is 18.0 Å². The van der Waals surface area contributed by atoms with Crippen LogP contribution in [0, 0.1) is 5.92 Å². The van der Waals surface area contributed by atoms with Crippen molar-refractivity contribution in [3.8, 4) is 0 Å². The molecule has 0 radical (unpaired) electrons. The monoisotopic (exact) mass is 351 g/mol. The molecule has 110 valence electrons. The van der Waals surface area contributed by atoms with E-state index in [1.807, 2.05) is 0 Å². The summed E-state index contributed by atoms with van der Waals surface area (Å²) in [5, 5.41) is 8.75. The van der Waals surface area contributed by atoms with Crippen molar-refractivity contribution < 1.29 is 23.1 Å². The van der Waals surface area contributed by atoms with Gasteiger partial charge in [-0.1, -0.05) is 15.9 Å². The fraction of sp³-hybridized carbons (Fsp3) is 0.462. The minimum atomic E-state index is -4.43. The fourth-order valence-corrected chi connectivity index (χ4v) is 2.84. The molecule has 0 spiro atoms. The summed E-state index contributed by atoms with van der Waals surface area (Å²) >= 11 is 3.05. The van der Waals surface area contributed by atoms with Crippen molar-refractivity contribution in [2.24, 2.45) is 5.92 Å². The standard InChI is InChI=1S/C13H13BrF3NO2/c14-9-1-2-11(10(6-9)13(15,16)17)18-4-3-8(7-18)5-12(19)20/h1-2,6,8H,3-5,7H2,(H,19,20). The Kier molecular flexibility index (Phi) is 4.27. The molecule has 7 heteroatoms. The van der Waals surface area contributed by atoms with E-state index >= 15 is 0 Å². The molecule has 1 atom stereocenters. The summed E-state index contributed by atoms with van der Waals surface area (Å²) in [6.07, 6.45) is -3.84. The lowest BCUT2D eigenvalue weighted by Crippen LogP contribution is -2.24. The van der Waals surface area contributed by atoms with Gasteiger partial charge in [-0.3, -0.25) is 4.79 Å². The highest BCUT2D eigenvalue weighted by Gasteiger charge is 2.36. The van der Waals surface area contributed by atoms with Crippen molar-refractivity contribution in [3.63, 3.8) is 0 Å². The number of hydrogen-bond acceptors (Lipinski definition) is 2. The largest absolute Gasteiger partial charge is 0.481 e. The van der Waals surface area contributed by atoms with Gasteiger partial charge < -0.3 is 10.0 Å². The third-order valence-electron chi connectivity index (χ3n) is 3.35. The molecule has 1 fully saturated rings. The summed E-state index contributed by atoms with van der Waals surface area (Å²) in [6.45, 7) is 0.791. The summed E-state index contributed by atoms with van der Waals surface area (Å²) in [5.41, 5.74) is -0.573. The van der Waals surface area contributed by atoms with Crippen molar-refractivity contribution in [2.45, 2.75) is 19.0 Å². The van der Waals surface area contributed by atoms with Crippen LogP contribution >= 0.6 is 15.9 Å². The summed E-state index contributed by atoms with van der Waals surface area (Å²) < 4.78 is 39.5.